The molecule has 1 aromatic heterocycles. The molecule has 2 aliphatic heterocycles. The van der Waals surface area contributed by atoms with E-state index in [1.807, 2.05) is 0 Å². The molecule has 222 valence electrons. The van der Waals surface area contributed by atoms with E-state index in [1.54, 1.807) is 24.3 Å². The smallest absolute Gasteiger partial charge is 0.258 e. The highest BCUT2D eigenvalue weighted by Gasteiger charge is 2.27. The Bertz CT molecular complexity index is 1720. The molecule has 2 fully saturated rings. The number of anilines is 3. The maximum absolute atomic E-state index is 14.0. The van der Waals surface area contributed by atoms with Crippen molar-refractivity contribution in [2.24, 2.45) is 0 Å². The van der Waals surface area contributed by atoms with Crippen molar-refractivity contribution in [2.45, 2.75) is 24.1 Å². The lowest BCUT2D eigenvalue weighted by Crippen LogP contribution is -2.48. The lowest BCUT2D eigenvalue weighted by atomic mass is 9.48. The highest BCUT2D eigenvalue weighted by Crippen LogP contribution is 2.32. The van der Waals surface area contributed by atoms with Gasteiger partial charge in [0.2, 0.25) is 0 Å². The van der Waals surface area contributed by atoms with E-state index in [-0.39, 0.29) is 23.0 Å². The normalized spacial score (nSPS) is 16.6. The molecule has 0 bridgehead atoms. The van der Waals surface area contributed by atoms with E-state index in [4.69, 9.17) is 36.1 Å². The number of fused-ring (bicyclic) bond motifs is 1. The maximum atomic E-state index is 14.0. The molecule has 6 rings (SSSR count). The van der Waals surface area contributed by atoms with E-state index in [0.29, 0.717) is 52.0 Å². The predicted molar refractivity (Wildman–Crippen MR) is 177 cm³/mol. The van der Waals surface area contributed by atoms with Crippen molar-refractivity contribution >= 4 is 76.3 Å². The second-order valence-corrected chi connectivity index (χ2v) is 11.8. The first-order chi connectivity index (χ1) is 21.5. The Labute approximate surface area is 266 Å². The molecule has 3 N–H and O–H groups in total. The van der Waals surface area contributed by atoms with Gasteiger partial charge in [0.05, 0.1) is 26.8 Å². The third-order valence-corrected chi connectivity index (χ3v) is 8.61. The number of rotatable bonds is 7. The van der Waals surface area contributed by atoms with Crippen LogP contribution < -0.4 is 26.5 Å². The Morgan fingerprint density at radius 3 is 2.38 bits per heavy atom. The van der Waals surface area contributed by atoms with Gasteiger partial charge in [-0.05, 0) is 49.7 Å². The number of halogens is 2. The molecule has 2 saturated heterocycles. The zero-order valence-corrected chi connectivity index (χ0v) is 25.0. The van der Waals surface area contributed by atoms with E-state index in [9.17, 15) is 13.6 Å². The summed E-state index contributed by atoms with van der Waals surface area (Å²) in [6.45, 7) is 4.43. The predicted octanol–water partition coefficient (Wildman–Crippen LogP) is 1.56. The molecule has 1 amide bonds. The fourth-order valence-corrected chi connectivity index (χ4v) is 5.98. The van der Waals surface area contributed by atoms with Crippen LogP contribution in [-0.2, 0) is 9.95 Å². The quantitative estimate of drug-likeness (QED) is 0.280. The molecular formula is C31H30B4F2N6O2. The van der Waals surface area contributed by atoms with Crippen molar-refractivity contribution in [2.75, 3.05) is 62.0 Å². The maximum Gasteiger partial charge on any atom is 0.258 e. The summed E-state index contributed by atoms with van der Waals surface area (Å²) < 4.78 is 33.5. The number of ether oxygens (including phenoxy) is 1. The summed E-state index contributed by atoms with van der Waals surface area (Å²) in [5.41, 5.74) is 3.26. The van der Waals surface area contributed by atoms with Gasteiger partial charge in [0.25, 0.3) is 5.91 Å². The van der Waals surface area contributed by atoms with Crippen LogP contribution >= 0.6 is 0 Å². The average Bonchev–Trinajstić information content (AvgIpc) is 3.41. The van der Waals surface area contributed by atoms with Gasteiger partial charge in [-0.2, -0.15) is 5.10 Å². The molecule has 0 saturated carbocycles. The Hall–Kier alpha value is -3.76. The van der Waals surface area contributed by atoms with Gasteiger partial charge in [-0.15, -0.1) is 0 Å². The highest BCUT2D eigenvalue weighted by molar-refractivity contribution is 6.47. The summed E-state index contributed by atoms with van der Waals surface area (Å²) >= 11 is 0. The molecule has 0 aliphatic carbocycles. The third kappa shape index (κ3) is 6.35. The minimum absolute atomic E-state index is 0.0450. The van der Waals surface area contributed by atoms with Gasteiger partial charge < -0.3 is 25.2 Å². The lowest BCUT2D eigenvalue weighted by molar-refractivity contribution is 0.0904. The summed E-state index contributed by atoms with van der Waals surface area (Å²) in [6.07, 6.45) is 1.52. The van der Waals surface area contributed by atoms with Gasteiger partial charge in [0.15, 0.2) is 5.82 Å². The summed E-state index contributed by atoms with van der Waals surface area (Å²) in [4.78, 5) is 18.3. The van der Waals surface area contributed by atoms with Gasteiger partial charge in [-0.25, -0.2) is 8.78 Å². The van der Waals surface area contributed by atoms with Gasteiger partial charge in [0.1, 0.15) is 27.3 Å². The van der Waals surface area contributed by atoms with Crippen LogP contribution in [0.25, 0.3) is 10.9 Å². The monoisotopic (exact) mass is 600 g/mol. The van der Waals surface area contributed by atoms with E-state index in [0.717, 1.165) is 57.2 Å². The standard InChI is InChI=1S/C31H30B4F2N6O2/c1-42-6-8-43(9-7-42)28-24(32)16-23(27(26(28)33)38-21-4-10-45-11-5-21)30(44)39-29-22-14-17(2-3-25(22)40-41-29)31(34,35)18-12-19(36)15-20(37)13-18/h2-3,12-16,21,38H,4-11H2,1H3,(H2,39,40,41,44). The number of nitrogens with one attached hydrogen (secondary N) is 3. The molecule has 3 heterocycles. The number of aromatic amines is 1. The number of carbonyl (C=O) groups excluding carboxylic acids is 1. The molecule has 8 nitrogen and oxygen atoms in total. The number of benzene rings is 3. The Kier molecular flexibility index (Phi) is 8.72. The van der Waals surface area contributed by atoms with Crippen LogP contribution in [0.2, 0.25) is 0 Å². The molecule has 0 unspecified atom stereocenters. The van der Waals surface area contributed by atoms with E-state index < -0.39 is 22.8 Å². The SMILES string of the molecule is [B]c1cc(C(=O)Nc2n[nH]c3ccc(C([B])([B])c4cc(F)cc(F)c4)cc23)c(NC2CCOCC2)c([B])c1N1CCN(C)CC1. The molecule has 0 spiro atoms. The van der Waals surface area contributed by atoms with Crippen LogP contribution in [0.5, 0.6) is 0 Å². The number of piperazine rings is 1. The van der Waals surface area contributed by atoms with E-state index in [2.05, 4.69) is 37.7 Å². The first-order valence-electron chi connectivity index (χ1n) is 14.8. The minimum atomic E-state index is -1.74. The second-order valence-electron chi connectivity index (χ2n) is 11.8. The number of hydrogen-bond acceptors (Lipinski definition) is 6. The first-order valence-corrected chi connectivity index (χ1v) is 14.8. The summed E-state index contributed by atoms with van der Waals surface area (Å²) in [5, 5.41) is 12.3. The Morgan fingerprint density at radius 2 is 1.69 bits per heavy atom. The van der Waals surface area contributed by atoms with Crippen LogP contribution in [0.4, 0.5) is 26.0 Å². The zero-order chi connectivity index (χ0) is 31.9. The average molecular weight is 600 g/mol. The number of carbonyl (C=O) groups is 1. The molecule has 3 aromatic carbocycles. The van der Waals surface area contributed by atoms with Gasteiger partial charge in [-0.3, -0.25) is 9.89 Å². The highest BCUT2D eigenvalue weighted by atomic mass is 19.1. The van der Waals surface area contributed by atoms with Crippen LogP contribution in [0, 0.1) is 11.6 Å². The first kappa shape index (κ1) is 31.2. The van der Waals surface area contributed by atoms with E-state index in [1.165, 1.54) is 0 Å². The van der Waals surface area contributed by atoms with Gasteiger partial charge in [0, 0.05) is 68.3 Å². The summed E-state index contributed by atoms with van der Waals surface area (Å²) in [6, 6.07) is 9.54. The number of H-pyrrole nitrogens is 1. The molecule has 2 aliphatic rings. The van der Waals surface area contributed by atoms with Crippen molar-refractivity contribution < 1.29 is 18.3 Å². The van der Waals surface area contributed by atoms with Crippen LogP contribution in [0.15, 0.2) is 42.5 Å². The fraction of sp³-hybridized carbons (Fsp3) is 0.355. The van der Waals surface area contributed by atoms with E-state index >= 15 is 0 Å². The number of amides is 1. The van der Waals surface area contributed by atoms with Gasteiger partial charge in [-0.1, -0.05) is 33.8 Å². The second kappa shape index (κ2) is 12.6. The number of likely N-dealkylation sites (N-methyl/N-ethyl adjacent to an activating group) is 1. The van der Waals surface area contributed by atoms with Crippen molar-refractivity contribution in [3.8, 4) is 0 Å². The number of hydrogen-bond donors (Lipinski definition) is 3. The zero-order valence-electron chi connectivity index (χ0n) is 25.0. The van der Waals surface area contributed by atoms with Crippen molar-refractivity contribution in [3.63, 3.8) is 0 Å². The topological polar surface area (TPSA) is 85.5 Å². The number of aromatic nitrogens is 2. The third-order valence-electron chi connectivity index (χ3n) is 8.61. The minimum Gasteiger partial charge on any atom is -0.382 e. The molecular weight excluding hydrogens is 570 g/mol. The summed E-state index contributed by atoms with van der Waals surface area (Å²) in [5.74, 6) is -1.88. The van der Waals surface area contributed by atoms with Crippen LogP contribution in [0.3, 0.4) is 0 Å². The molecule has 4 aromatic rings. The van der Waals surface area contributed by atoms with Crippen molar-refractivity contribution in [3.05, 3.63) is 70.8 Å². The molecule has 0 atom stereocenters. The van der Waals surface area contributed by atoms with Crippen LogP contribution in [0.1, 0.15) is 34.3 Å². The number of nitrogens with zero attached hydrogens (tertiary/aromatic N) is 3. The van der Waals surface area contributed by atoms with Gasteiger partial charge >= 0.3 is 0 Å². The molecule has 8 radical (unpaired) electrons. The molecule has 14 heteroatoms. The molecule has 45 heavy (non-hydrogen) atoms. The Balaban J connectivity index is 1.35. The largest absolute Gasteiger partial charge is 0.382 e. The summed E-state index contributed by atoms with van der Waals surface area (Å²) in [7, 11) is 28.2. The van der Waals surface area contributed by atoms with Crippen LogP contribution in [-0.4, -0.2) is 105 Å². The van der Waals surface area contributed by atoms with Crippen molar-refractivity contribution in [1.29, 1.82) is 0 Å². The Morgan fingerprint density at radius 1 is 1.00 bits per heavy atom. The lowest BCUT2D eigenvalue weighted by Gasteiger charge is -2.37. The fourth-order valence-electron chi connectivity index (χ4n) is 5.98. The van der Waals surface area contributed by atoms with Crippen molar-refractivity contribution in [1.82, 2.24) is 15.1 Å².